The molecule has 0 aliphatic carbocycles. The van der Waals surface area contributed by atoms with E-state index < -0.39 is 0 Å². The first-order valence-corrected chi connectivity index (χ1v) is 5.10. The van der Waals surface area contributed by atoms with Gasteiger partial charge in [0.2, 0.25) is 5.91 Å². The minimum atomic E-state index is 0.0105. The Morgan fingerprint density at radius 2 is 2.23 bits per heavy atom. The molecule has 0 rings (SSSR count). The Kier molecular flexibility index (Phi) is 9.63. The van der Waals surface area contributed by atoms with Crippen molar-refractivity contribution in [2.75, 3.05) is 38.6 Å². The van der Waals surface area contributed by atoms with Gasteiger partial charge in [0.05, 0.1) is 19.8 Å². The first-order chi connectivity index (χ1) is 6.31. The lowest BCUT2D eigenvalue weighted by molar-refractivity contribution is -0.120. The number of likely N-dealkylation sites (N-methyl/N-ethyl adjacent to an activating group) is 1. The molecule has 0 aromatic rings. The van der Waals surface area contributed by atoms with E-state index in [0.29, 0.717) is 32.1 Å². The van der Waals surface area contributed by atoms with Crippen LogP contribution in [0.25, 0.3) is 0 Å². The van der Waals surface area contributed by atoms with Gasteiger partial charge in [-0.15, -0.1) is 0 Å². The molecule has 0 aromatic heterocycles. The fourth-order valence-corrected chi connectivity index (χ4v) is 0.859. The van der Waals surface area contributed by atoms with Crippen molar-refractivity contribution in [2.45, 2.75) is 6.92 Å². The lowest BCUT2D eigenvalue weighted by Gasteiger charge is -2.05. The minimum absolute atomic E-state index is 0.0105. The molecule has 0 heterocycles. The molecule has 4 nitrogen and oxygen atoms in total. The second kappa shape index (κ2) is 9.83. The summed E-state index contributed by atoms with van der Waals surface area (Å²) in [6.45, 7) is 4.90. The molecule has 0 fully saturated rings. The summed E-state index contributed by atoms with van der Waals surface area (Å²) in [6.07, 6.45) is 0. The van der Waals surface area contributed by atoms with Gasteiger partial charge >= 0.3 is 0 Å². The zero-order valence-corrected chi connectivity index (χ0v) is 8.90. The molecule has 0 aromatic carbocycles. The Hall–Kier alpha value is -0.260. The molecule has 0 aliphatic heterocycles. The molecule has 78 valence electrons. The van der Waals surface area contributed by atoms with E-state index in [1.54, 1.807) is 0 Å². The topological polar surface area (TPSA) is 50.4 Å². The zero-order chi connectivity index (χ0) is 9.94. The summed E-state index contributed by atoms with van der Waals surface area (Å²) in [7, 11) is 0. The molecule has 5 heteroatoms. The summed E-state index contributed by atoms with van der Waals surface area (Å²) in [4.78, 5) is 11.0. The zero-order valence-electron chi connectivity index (χ0n) is 8.01. The molecule has 0 unspecified atom stereocenters. The van der Waals surface area contributed by atoms with E-state index in [2.05, 4.69) is 23.3 Å². The van der Waals surface area contributed by atoms with E-state index in [1.165, 1.54) is 0 Å². The Labute approximate surface area is 84.8 Å². The smallest absolute Gasteiger partial charge is 0.234 e. The van der Waals surface area contributed by atoms with Crippen molar-refractivity contribution in [2.24, 2.45) is 0 Å². The number of ether oxygens (including phenoxy) is 1. The molecule has 0 saturated heterocycles. The van der Waals surface area contributed by atoms with E-state index in [-0.39, 0.29) is 5.91 Å². The molecule has 2 N–H and O–H groups in total. The molecule has 0 radical (unpaired) electrons. The number of hydrogen-bond donors (Lipinski definition) is 3. The van der Waals surface area contributed by atoms with Crippen molar-refractivity contribution < 1.29 is 9.53 Å². The number of amides is 1. The molecular formula is C8H18N2O2S. The van der Waals surface area contributed by atoms with Gasteiger partial charge in [-0.3, -0.25) is 4.79 Å². The second-order valence-electron chi connectivity index (χ2n) is 2.47. The average molecular weight is 206 g/mol. The van der Waals surface area contributed by atoms with Crippen LogP contribution in [0.15, 0.2) is 0 Å². The third-order valence-electron chi connectivity index (χ3n) is 1.34. The molecule has 0 bridgehead atoms. The van der Waals surface area contributed by atoms with Gasteiger partial charge in [-0.1, -0.05) is 6.92 Å². The van der Waals surface area contributed by atoms with Crippen molar-refractivity contribution in [3.8, 4) is 0 Å². The highest BCUT2D eigenvalue weighted by atomic mass is 32.1. The van der Waals surface area contributed by atoms with Crippen LogP contribution in [-0.2, 0) is 9.53 Å². The predicted molar refractivity (Wildman–Crippen MR) is 56.2 cm³/mol. The Bertz CT molecular complexity index is 133. The number of hydrogen-bond acceptors (Lipinski definition) is 4. The predicted octanol–water partition coefficient (Wildman–Crippen LogP) is -0.341. The monoisotopic (exact) mass is 206 g/mol. The van der Waals surface area contributed by atoms with Gasteiger partial charge in [0, 0.05) is 12.3 Å². The second-order valence-corrected chi connectivity index (χ2v) is 2.91. The van der Waals surface area contributed by atoms with Crippen LogP contribution >= 0.6 is 12.6 Å². The van der Waals surface area contributed by atoms with E-state index in [9.17, 15) is 4.79 Å². The first kappa shape index (κ1) is 12.7. The normalized spacial score (nSPS) is 10.0. The highest BCUT2D eigenvalue weighted by Gasteiger charge is 1.97. The number of thiol groups is 1. The van der Waals surface area contributed by atoms with E-state index in [4.69, 9.17) is 4.74 Å². The van der Waals surface area contributed by atoms with Crippen molar-refractivity contribution in [1.82, 2.24) is 10.6 Å². The maximum absolute atomic E-state index is 11.0. The van der Waals surface area contributed by atoms with Crippen LogP contribution in [0.4, 0.5) is 0 Å². The van der Waals surface area contributed by atoms with Crippen LogP contribution in [0, 0.1) is 0 Å². The lowest BCUT2D eigenvalue weighted by Crippen LogP contribution is -2.35. The summed E-state index contributed by atoms with van der Waals surface area (Å²) < 4.78 is 5.13. The van der Waals surface area contributed by atoms with Gasteiger partial charge in [-0.05, 0) is 6.54 Å². The summed E-state index contributed by atoms with van der Waals surface area (Å²) in [5, 5.41) is 5.66. The van der Waals surface area contributed by atoms with E-state index in [0.717, 1.165) is 6.54 Å². The van der Waals surface area contributed by atoms with E-state index >= 15 is 0 Å². The van der Waals surface area contributed by atoms with Crippen molar-refractivity contribution in [3.05, 3.63) is 0 Å². The SMILES string of the molecule is CCNCC(=O)NCCOCCS. The van der Waals surface area contributed by atoms with Gasteiger partial charge in [0.25, 0.3) is 0 Å². The Balaban J connectivity index is 3.08. The Morgan fingerprint density at radius 1 is 1.46 bits per heavy atom. The highest BCUT2D eigenvalue weighted by Crippen LogP contribution is 1.76. The summed E-state index contributed by atoms with van der Waals surface area (Å²) >= 11 is 3.99. The average Bonchev–Trinajstić information content (AvgIpc) is 2.14. The molecule has 13 heavy (non-hydrogen) atoms. The van der Waals surface area contributed by atoms with Crippen LogP contribution in [-0.4, -0.2) is 44.5 Å². The lowest BCUT2D eigenvalue weighted by atomic mass is 10.5. The minimum Gasteiger partial charge on any atom is -0.379 e. The maximum Gasteiger partial charge on any atom is 0.234 e. The quantitative estimate of drug-likeness (QED) is 0.376. The van der Waals surface area contributed by atoms with Gasteiger partial charge in [0.15, 0.2) is 0 Å². The maximum atomic E-state index is 11.0. The number of rotatable bonds is 8. The van der Waals surface area contributed by atoms with Gasteiger partial charge < -0.3 is 15.4 Å². The molecule has 0 aliphatic rings. The summed E-state index contributed by atoms with van der Waals surface area (Å²) in [6, 6.07) is 0. The van der Waals surface area contributed by atoms with Crippen LogP contribution < -0.4 is 10.6 Å². The number of carbonyl (C=O) groups is 1. The highest BCUT2D eigenvalue weighted by molar-refractivity contribution is 7.80. The molecule has 0 spiro atoms. The molecule has 0 saturated carbocycles. The number of nitrogens with one attached hydrogen (secondary N) is 2. The molecular weight excluding hydrogens is 188 g/mol. The third kappa shape index (κ3) is 9.66. The fraction of sp³-hybridized carbons (Fsp3) is 0.875. The molecule has 1 amide bonds. The van der Waals surface area contributed by atoms with Crippen molar-refractivity contribution >= 4 is 18.5 Å². The van der Waals surface area contributed by atoms with Gasteiger partial charge in [-0.2, -0.15) is 12.6 Å². The molecule has 0 atom stereocenters. The summed E-state index contributed by atoms with van der Waals surface area (Å²) in [5.74, 6) is 0.724. The summed E-state index contributed by atoms with van der Waals surface area (Å²) in [5.41, 5.74) is 0. The van der Waals surface area contributed by atoms with Crippen molar-refractivity contribution in [3.63, 3.8) is 0 Å². The van der Waals surface area contributed by atoms with E-state index in [1.807, 2.05) is 6.92 Å². The van der Waals surface area contributed by atoms with Crippen LogP contribution in [0.1, 0.15) is 6.92 Å². The van der Waals surface area contributed by atoms with Crippen molar-refractivity contribution in [1.29, 1.82) is 0 Å². The standard InChI is InChI=1S/C8H18N2O2S/c1-2-9-7-8(11)10-3-4-12-5-6-13/h9,13H,2-7H2,1H3,(H,10,11). The van der Waals surface area contributed by atoms with Gasteiger partial charge in [-0.25, -0.2) is 0 Å². The van der Waals surface area contributed by atoms with Crippen LogP contribution in [0.5, 0.6) is 0 Å². The largest absolute Gasteiger partial charge is 0.379 e. The first-order valence-electron chi connectivity index (χ1n) is 4.47. The van der Waals surface area contributed by atoms with Gasteiger partial charge in [0.1, 0.15) is 0 Å². The van der Waals surface area contributed by atoms with Crippen LogP contribution in [0.3, 0.4) is 0 Å². The Morgan fingerprint density at radius 3 is 2.85 bits per heavy atom. The third-order valence-corrected chi connectivity index (χ3v) is 1.52. The van der Waals surface area contributed by atoms with Crippen LogP contribution in [0.2, 0.25) is 0 Å². The fourth-order valence-electron chi connectivity index (χ4n) is 0.730. The number of carbonyl (C=O) groups excluding carboxylic acids is 1.